The molecule has 0 bridgehead atoms. The molecule has 0 unspecified atom stereocenters. The van der Waals surface area contributed by atoms with Crippen molar-refractivity contribution in [3.05, 3.63) is 24.0 Å². The van der Waals surface area contributed by atoms with Crippen LogP contribution in [0.2, 0.25) is 0 Å². The van der Waals surface area contributed by atoms with Crippen molar-refractivity contribution in [3.8, 4) is 11.5 Å². The van der Waals surface area contributed by atoms with Crippen molar-refractivity contribution in [1.82, 2.24) is 0 Å². The lowest BCUT2D eigenvalue weighted by Crippen LogP contribution is -1.99. The van der Waals surface area contributed by atoms with E-state index in [-0.39, 0.29) is 5.82 Å². The molecule has 0 amide bonds. The molecule has 0 saturated heterocycles. The van der Waals surface area contributed by atoms with E-state index in [1.165, 1.54) is 19.2 Å². The minimum atomic E-state index is -0.331. The maximum Gasteiger partial charge on any atom is 0.163 e. The second-order valence-electron chi connectivity index (χ2n) is 2.33. The van der Waals surface area contributed by atoms with E-state index in [2.05, 4.69) is 15.9 Å². The Hall–Kier alpha value is -0.770. The molecular weight excluding hydrogens is 239 g/mol. The summed E-state index contributed by atoms with van der Waals surface area (Å²) in [6.45, 7) is 0.530. The van der Waals surface area contributed by atoms with Crippen molar-refractivity contribution in [2.45, 2.75) is 0 Å². The van der Waals surface area contributed by atoms with E-state index >= 15 is 0 Å². The average molecular weight is 249 g/mol. The fraction of sp³-hybridized carbons (Fsp3) is 0.333. The number of hydrogen-bond acceptors (Lipinski definition) is 2. The minimum absolute atomic E-state index is 0.331. The molecule has 0 aliphatic heterocycles. The summed E-state index contributed by atoms with van der Waals surface area (Å²) in [4.78, 5) is 0. The van der Waals surface area contributed by atoms with Gasteiger partial charge in [0.2, 0.25) is 0 Å². The van der Waals surface area contributed by atoms with Crippen LogP contribution in [-0.4, -0.2) is 19.0 Å². The zero-order valence-corrected chi connectivity index (χ0v) is 8.80. The molecule has 1 aromatic carbocycles. The Morgan fingerprint density at radius 2 is 2.15 bits per heavy atom. The van der Waals surface area contributed by atoms with Crippen LogP contribution in [0.4, 0.5) is 4.39 Å². The van der Waals surface area contributed by atoms with E-state index in [1.54, 1.807) is 6.07 Å². The van der Waals surface area contributed by atoms with Gasteiger partial charge in [-0.05, 0) is 12.1 Å². The highest BCUT2D eigenvalue weighted by molar-refractivity contribution is 9.09. The third-order valence-corrected chi connectivity index (χ3v) is 1.78. The first-order valence-electron chi connectivity index (χ1n) is 3.80. The molecule has 4 heteroatoms. The van der Waals surface area contributed by atoms with Crippen molar-refractivity contribution in [2.75, 3.05) is 19.0 Å². The van der Waals surface area contributed by atoms with Crippen LogP contribution in [0.5, 0.6) is 11.5 Å². The summed E-state index contributed by atoms with van der Waals surface area (Å²) in [6.07, 6.45) is 0. The van der Waals surface area contributed by atoms with Gasteiger partial charge in [0, 0.05) is 11.4 Å². The van der Waals surface area contributed by atoms with E-state index in [0.29, 0.717) is 18.1 Å². The maximum absolute atomic E-state index is 12.7. The molecule has 0 saturated carbocycles. The predicted octanol–water partition coefficient (Wildman–Crippen LogP) is 2.61. The SMILES string of the molecule is COc1cc(F)ccc1OCCBr. The van der Waals surface area contributed by atoms with Crippen LogP contribution in [0.15, 0.2) is 18.2 Å². The highest BCUT2D eigenvalue weighted by atomic mass is 79.9. The molecule has 13 heavy (non-hydrogen) atoms. The smallest absolute Gasteiger partial charge is 0.163 e. The van der Waals surface area contributed by atoms with E-state index in [0.717, 1.165) is 5.33 Å². The zero-order valence-electron chi connectivity index (χ0n) is 7.22. The Morgan fingerprint density at radius 1 is 1.38 bits per heavy atom. The second-order valence-corrected chi connectivity index (χ2v) is 3.13. The predicted molar refractivity (Wildman–Crippen MR) is 52.2 cm³/mol. The summed E-state index contributed by atoms with van der Waals surface area (Å²) in [5.41, 5.74) is 0. The first-order valence-corrected chi connectivity index (χ1v) is 4.92. The topological polar surface area (TPSA) is 18.5 Å². The number of rotatable bonds is 4. The van der Waals surface area contributed by atoms with Crippen LogP contribution in [0.3, 0.4) is 0 Å². The molecule has 0 radical (unpaired) electrons. The van der Waals surface area contributed by atoms with Gasteiger partial charge in [0.25, 0.3) is 0 Å². The van der Waals surface area contributed by atoms with Crippen molar-refractivity contribution >= 4 is 15.9 Å². The molecule has 0 atom stereocenters. The first kappa shape index (κ1) is 10.3. The van der Waals surface area contributed by atoms with Gasteiger partial charge in [0.05, 0.1) is 13.7 Å². The minimum Gasteiger partial charge on any atom is -0.493 e. The molecule has 1 aromatic rings. The van der Waals surface area contributed by atoms with Gasteiger partial charge in [-0.25, -0.2) is 4.39 Å². The van der Waals surface area contributed by atoms with Gasteiger partial charge in [-0.15, -0.1) is 0 Å². The molecule has 0 N–H and O–H groups in total. The maximum atomic E-state index is 12.7. The lowest BCUT2D eigenvalue weighted by Gasteiger charge is -2.08. The van der Waals surface area contributed by atoms with Crippen LogP contribution >= 0.6 is 15.9 Å². The lowest BCUT2D eigenvalue weighted by molar-refractivity contribution is 0.313. The summed E-state index contributed by atoms with van der Waals surface area (Å²) >= 11 is 3.23. The Bertz CT molecular complexity index is 278. The van der Waals surface area contributed by atoms with E-state index in [1.807, 2.05) is 0 Å². The van der Waals surface area contributed by atoms with Crippen molar-refractivity contribution < 1.29 is 13.9 Å². The summed E-state index contributed by atoms with van der Waals surface area (Å²) in [5.74, 6) is 0.646. The first-order chi connectivity index (χ1) is 6.27. The molecule has 0 aliphatic carbocycles. The van der Waals surface area contributed by atoms with E-state index in [9.17, 15) is 4.39 Å². The summed E-state index contributed by atoms with van der Waals surface area (Å²) in [6, 6.07) is 4.19. The van der Waals surface area contributed by atoms with E-state index < -0.39 is 0 Å². The molecule has 0 fully saturated rings. The fourth-order valence-electron chi connectivity index (χ4n) is 0.909. The quantitative estimate of drug-likeness (QED) is 0.763. The highest BCUT2D eigenvalue weighted by Crippen LogP contribution is 2.27. The standard InChI is InChI=1S/C9H10BrFO2/c1-12-9-6-7(11)2-3-8(9)13-5-4-10/h2-3,6H,4-5H2,1H3. The van der Waals surface area contributed by atoms with Gasteiger partial charge < -0.3 is 9.47 Å². The third-order valence-electron chi connectivity index (χ3n) is 1.46. The second kappa shape index (κ2) is 5.07. The summed E-state index contributed by atoms with van der Waals surface area (Å²) < 4.78 is 22.9. The van der Waals surface area contributed by atoms with Crippen molar-refractivity contribution in [1.29, 1.82) is 0 Å². The van der Waals surface area contributed by atoms with Gasteiger partial charge in [-0.2, -0.15) is 0 Å². The van der Waals surface area contributed by atoms with Crippen LogP contribution < -0.4 is 9.47 Å². The Morgan fingerprint density at radius 3 is 2.77 bits per heavy atom. The zero-order chi connectivity index (χ0) is 9.68. The fourth-order valence-corrected chi connectivity index (χ4v) is 1.07. The number of benzene rings is 1. The van der Waals surface area contributed by atoms with Gasteiger partial charge in [-0.3, -0.25) is 0 Å². The van der Waals surface area contributed by atoms with Crippen LogP contribution in [0, 0.1) is 5.82 Å². The molecule has 0 aromatic heterocycles. The van der Waals surface area contributed by atoms with Gasteiger partial charge >= 0.3 is 0 Å². The molecule has 72 valence electrons. The average Bonchev–Trinajstić information content (AvgIpc) is 2.16. The molecule has 0 heterocycles. The third kappa shape index (κ3) is 2.88. The number of halogens is 2. The monoisotopic (exact) mass is 248 g/mol. The molecule has 0 aliphatic rings. The molecule has 0 spiro atoms. The largest absolute Gasteiger partial charge is 0.493 e. The number of methoxy groups -OCH3 is 1. The Balaban J connectivity index is 2.79. The molecule has 1 rings (SSSR count). The van der Waals surface area contributed by atoms with E-state index in [4.69, 9.17) is 9.47 Å². The summed E-state index contributed by atoms with van der Waals surface area (Å²) in [7, 11) is 1.48. The molecule has 2 nitrogen and oxygen atoms in total. The number of hydrogen-bond donors (Lipinski definition) is 0. The van der Waals surface area contributed by atoms with Crippen LogP contribution in [0.1, 0.15) is 0 Å². The lowest BCUT2D eigenvalue weighted by atomic mass is 10.3. The van der Waals surface area contributed by atoms with Crippen molar-refractivity contribution in [2.24, 2.45) is 0 Å². The van der Waals surface area contributed by atoms with Crippen molar-refractivity contribution in [3.63, 3.8) is 0 Å². The highest BCUT2D eigenvalue weighted by Gasteiger charge is 2.04. The van der Waals surface area contributed by atoms with Crippen LogP contribution in [0.25, 0.3) is 0 Å². The normalized spacial score (nSPS) is 9.77. The number of alkyl halides is 1. The van der Waals surface area contributed by atoms with Crippen LogP contribution in [-0.2, 0) is 0 Å². The van der Waals surface area contributed by atoms with Gasteiger partial charge in [-0.1, -0.05) is 15.9 Å². The Labute approximate surface area is 84.8 Å². The van der Waals surface area contributed by atoms with Gasteiger partial charge in [0.15, 0.2) is 11.5 Å². The number of ether oxygens (including phenoxy) is 2. The Kier molecular flexibility index (Phi) is 4.02. The molecular formula is C9H10BrFO2. The summed E-state index contributed by atoms with van der Waals surface area (Å²) in [5, 5.41) is 0.730. The van der Waals surface area contributed by atoms with Gasteiger partial charge in [0.1, 0.15) is 5.82 Å².